The van der Waals surface area contributed by atoms with Gasteiger partial charge < -0.3 is 14.5 Å². The number of amides is 2. The van der Waals surface area contributed by atoms with Crippen LogP contribution in [-0.2, 0) is 19.1 Å². The van der Waals surface area contributed by atoms with E-state index < -0.39 is 0 Å². The highest BCUT2D eigenvalue weighted by atomic mass is 16.5. The molecule has 0 aromatic carbocycles. The first kappa shape index (κ1) is 13.4. The average molecular weight is 280 g/mol. The Morgan fingerprint density at radius 1 is 0.900 bits per heavy atom. The number of hydrogen-bond donors (Lipinski definition) is 0. The van der Waals surface area contributed by atoms with Gasteiger partial charge in [-0.2, -0.15) is 0 Å². The third-order valence-corrected chi connectivity index (χ3v) is 5.11. The predicted octanol–water partition coefficient (Wildman–Crippen LogP) is 0.0204. The van der Waals surface area contributed by atoms with E-state index in [1.165, 1.54) is 7.11 Å². The Morgan fingerprint density at radius 2 is 1.40 bits per heavy atom. The smallest absolute Gasteiger partial charge is 0.311 e. The molecule has 2 bridgehead atoms. The van der Waals surface area contributed by atoms with Crippen molar-refractivity contribution in [2.45, 2.75) is 26.2 Å². The molecule has 0 spiro atoms. The molecule has 0 aromatic rings. The molecule has 4 fully saturated rings. The van der Waals surface area contributed by atoms with Crippen molar-refractivity contribution < 1.29 is 19.1 Å². The molecule has 1 aliphatic heterocycles. The lowest BCUT2D eigenvalue weighted by Crippen LogP contribution is -2.71. The third-order valence-electron chi connectivity index (χ3n) is 5.11. The van der Waals surface area contributed by atoms with Crippen LogP contribution in [0.1, 0.15) is 26.2 Å². The van der Waals surface area contributed by atoms with Gasteiger partial charge in [-0.1, -0.05) is 0 Å². The summed E-state index contributed by atoms with van der Waals surface area (Å²) in [5.74, 6) is 0.0484. The van der Waals surface area contributed by atoms with E-state index in [0.29, 0.717) is 45.4 Å². The number of carbonyl (C=O) groups is 3. The molecule has 2 amide bonds. The number of rotatable bonds is 2. The molecule has 6 nitrogen and oxygen atoms in total. The zero-order chi connectivity index (χ0) is 14.5. The van der Waals surface area contributed by atoms with Gasteiger partial charge >= 0.3 is 5.97 Å². The quantitative estimate of drug-likeness (QED) is 0.669. The number of esters is 1. The van der Waals surface area contributed by atoms with Gasteiger partial charge in [-0.25, -0.2) is 0 Å². The maximum atomic E-state index is 12.5. The highest BCUT2D eigenvalue weighted by Gasteiger charge is 2.76. The summed E-state index contributed by atoms with van der Waals surface area (Å²) in [6, 6.07) is 0. The summed E-state index contributed by atoms with van der Waals surface area (Å²) in [6.45, 7) is 3.98. The second-order valence-corrected chi connectivity index (χ2v) is 6.38. The van der Waals surface area contributed by atoms with E-state index in [1.54, 1.807) is 11.8 Å². The van der Waals surface area contributed by atoms with Gasteiger partial charge in [0.2, 0.25) is 11.8 Å². The van der Waals surface area contributed by atoms with Crippen LogP contribution < -0.4 is 0 Å². The van der Waals surface area contributed by atoms with Gasteiger partial charge in [0.25, 0.3) is 0 Å². The van der Waals surface area contributed by atoms with Crippen molar-refractivity contribution >= 4 is 17.8 Å². The molecule has 0 radical (unpaired) electrons. The minimum Gasteiger partial charge on any atom is -0.469 e. The standard InChI is InChI=1S/C14H20N2O4/c1-10(17)15-3-5-16(6-4-15)11(18)13-7-14(8-13,9-13)12(19)20-2/h3-9H2,1-2H3. The molecule has 1 saturated heterocycles. The van der Waals surface area contributed by atoms with Crippen molar-refractivity contribution in [3.05, 3.63) is 0 Å². The Morgan fingerprint density at radius 3 is 1.85 bits per heavy atom. The van der Waals surface area contributed by atoms with E-state index in [-0.39, 0.29) is 28.6 Å². The summed E-state index contributed by atoms with van der Waals surface area (Å²) in [5.41, 5.74) is -0.682. The van der Waals surface area contributed by atoms with Crippen LogP contribution in [0.4, 0.5) is 0 Å². The molecule has 0 unspecified atom stereocenters. The molecule has 110 valence electrons. The minimum atomic E-state index is -0.369. The molecule has 3 saturated carbocycles. The van der Waals surface area contributed by atoms with E-state index in [0.717, 1.165) is 0 Å². The Balaban J connectivity index is 1.56. The fourth-order valence-corrected chi connectivity index (χ4v) is 4.01. The summed E-state index contributed by atoms with van der Waals surface area (Å²) < 4.78 is 4.80. The molecule has 20 heavy (non-hydrogen) atoms. The molecule has 1 heterocycles. The van der Waals surface area contributed by atoms with Gasteiger partial charge in [-0.15, -0.1) is 0 Å². The molecular formula is C14H20N2O4. The van der Waals surface area contributed by atoms with Crippen LogP contribution in [-0.4, -0.2) is 60.9 Å². The van der Waals surface area contributed by atoms with Gasteiger partial charge in [0, 0.05) is 33.1 Å². The largest absolute Gasteiger partial charge is 0.469 e. The van der Waals surface area contributed by atoms with E-state index in [4.69, 9.17) is 4.74 Å². The summed E-state index contributed by atoms with van der Waals surface area (Å²) >= 11 is 0. The molecular weight excluding hydrogens is 260 g/mol. The lowest BCUT2D eigenvalue weighted by Gasteiger charge is -2.67. The zero-order valence-electron chi connectivity index (χ0n) is 12.0. The van der Waals surface area contributed by atoms with Crippen LogP contribution >= 0.6 is 0 Å². The van der Waals surface area contributed by atoms with E-state index >= 15 is 0 Å². The van der Waals surface area contributed by atoms with Crippen LogP contribution in [0.3, 0.4) is 0 Å². The number of piperazine rings is 1. The summed E-state index contributed by atoms with van der Waals surface area (Å²) in [4.78, 5) is 39.0. The molecule has 0 atom stereocenters. The fraction of sp³-hybridized carbons (Fsp3) is 0.786. The SMILES string of the molecule is COC(=O)C12CC(C(=O)N3CCN(C(C)=O)CC3)(C1)C2. The number of nitrogens with zero attached hydrogens (tertiary/aromatic N) is 2. The summed E-state index contributed by atoms with van der Waals surface area (Å²) in [7, 11) is 1.40. The van der Waals surface area contributed by atoms with Gasteiger partial charge in [0.15, 0.2) is 0 Å². The molecule has 0 aromatic heterocycles. The predicted molar refractivity (Wildman–Crippen MR) is 69.6 cm³/mol. The summed E-state index contributed by atoms with van der Waals surface area (Å²) in [6.07, 6.45) is 1.91. The normalized spacial score (nSPS) is 34.9. The van der Waals surface area contributed by atoms with Gasteiger partial charge in [-0.05, 0) is 19.3 Å². The fourth-order valence-electron chi connectivity index (χ4n) is 4.01. The average Bonchev–Trinajstić information content (AvgIpc) is 2.35. The minimum absolute atomic E-state index is 0.0623. The molecule has 0 N–H and O–H groups in total. The lowest BCUT2D eigenvalue weighted by molar-refractivity contribution is -0.228. The highest BCUT2D eigenvalue weighted by molar-refractivity contribution is 5.94. The van der Waals surface area contributed by atoms with Crippen molar-refractivity contribution in [3.8, 4) is 0 Å². The van der Waals surface area contributed by atoms with Gasteiger partial charge in [0.1, 0.15) is 0 Å². The molecule has 6 heteroatoms. The monoisotopic (exact) mass is 280 g/mol. The lowest BCUT2D eigenvalue weighted by atomic mass is 9.34. The van der Waals surface area contributed by atoms with Gasteiger partial charge in [-0.3, -0.25) is 14.4 Å². The van der Waals surface area contributed by atoms with Gasteiger partial charge in [0.05, 0.1) is 17.9 Å². The maximum absolute atomic E-state index is 12.5. The van der Waals surface area contributed by atoms with Crippen LogP contribution in [0.15, 0.2) is 0 Å². The van der Waals surface area contributed by atoms with E-state index in [2.05, 4.69) is 0 Å². The number of methoxy groups -OCH3 is 1. The number of hydrogen-bond acceptors (Lipinski definition) is 4. The van der Waals surface area contributed by atoms with Crippen LogP contribution in [0.5, 0.6) is 0 Å². The van der Waals surface area contributed by atoms with Crippen LogP contribution in [0.2, 0.25) is 0 Å². The van der Waals surface area contributed by atoms with Crippen molar-refractivity contribution in [3.63, 3.8) is 0 Å². The first-order valence-corrected chi connectivity index (χ1v) is 7.06. The Labute approximate surface area is 118 Å². The zero-order valence-corrected chi connectivity index (χ0v) is 12.0. The van der Waals surface area contributed by atoms with Crippen LogP contribution in [0, 0.1) is 10.8 Å². The summed E-state index contributed by atoms with van der Waals surface area (Å²) in [5, 5.41) is 0. The number of ether oxygens (including phenoxy) is 1. The van der Waals surface area contributed by atoms with E-state index in [9.17, 15) is 14.4 Å². The molecule has 3 aliphatic carbocycles. The first-order chi connectivity index (χ1) is 9.42. The molecule has 4 rings (SSSR count). The second kappa shape index (κ2) is 4.20. The van der Waals surface area contributed by atoms with E-state index in [1.807, 2.05) is 4.90 Å². The Hall–Kier alpha value is -1.59. The molecule has 4 aliphatic rings. The van der Waals surface area contributed by atoms with Crippen molar-refractivity contribution in [1.29, 1.82) is 0 Å². The Kier molecular flexibility index (Phi) is 2.81. The highest BCUT2D eigenvalue weighted by Crippen LogP contribution is 2.74. The second-order valence-electron chi connectivity index (χ2n) is 6.38. The third kappa shape index (κ3) is 1.66. The maximum Gasteiger partial charge on any atom is 0.311 e. The number of carbonyl (C=O) groups excluding carboxylic acids is 3. The van der Waals surface area contributed by atoms with Crippen molar-refractivity contribution in [2.75, 3.05) is 33.3 Å². The van der Waals surface area contributed by atoms with Crippen LogP contribution in [0.25, 0.3) is 0 Å². The Bertz CT molecular complexity index is 460. The van der Waals surface area contributed by atoms with Crippen molar-refractivity contribution in [2.24, 2.45) is 10.8 Å². The first-order valence-electron chi connectivity index (χ1n) is 7.06. The van der Waals surface area contributed by atoms with Crippen molar-refractivity contribution in [1.82, 2.24) is 9.80 Å². The topological polar surface area (TPSA) is 66.9 Å².